The van der Waals surface area contributed by atoms with Gasteiger partial charge in [0, 0.05) is 23.0 Å². The molecular formula is C28H28N2O3. The van der Waals surface area contributed by atoms with Gasteiger partial charge in [0.15, 0.2) is 0 Å². The average Bonchev–Trinajstić information content (AvgIpc) is 2.83. The van der Waals surface area contributed by atoms with Gasteiger partial charge in [-0.25, -0.2) is 4.79 Å². The molecule has 0 radical (unpaired) electrons. The van der Waals surface area contributed by atoms with Gasteiger partial charge in [0.2, 0.25) is 0 Å². The fraction of sp³-hybridized carbons (Fsp3) is 0.214. The summed E-state index contributed by atoms with van der Waals surface area (Å²) in [5.41, 5.74) is 4.63. The van der Waals surface area contributed by atoms with Crippen LogP contribution in [0.1, 0.15) is 53.1 Å². The van der Waals surface area contributed by atoms with Gasteiger partial charge in [-0.05, 0) is 61.5 Å². The number of ether oxygens (including phenoxy) is 1. The molecule has 0 fully saturated rings. The molecule has 1 aromatic heterocycles. The topological polar surface area (TPSA) is 71.5 Å². The van der Waals surface area contributed by atoms with Crippen LogP contribution >= 0.6 is 0 Å². The van der Waals surface area contributed by atoms with Crippen LogP contribution in [0, 0.1) is 6.92 Å². The molecule has 2 N–H and O–H groups in total. The standard InChI is InChI=1S/C28H28N2O3/c1-17-12-13-22(15-25(17)28(31)32)27-24-11-6-5-8-21(24)16-26(30-27)19(3)29-18(2)20-9-7-10-23(14-20)33-4/h5-16,18-19,29H,1-4H3,(H,31,32)/t18-,19?/m1/s1. The van der Waals surface area contributed by atoms with Crippen molar-refractivity contribution >= 4 is 16.7 Å². The van der Waals surface area contributed by atoms with E-state index in [0.717, 1.165) is 44.6 Å². The first-order valence-corrected chi connectivity index (χ1v) is 11.0. The van der Waals surface area contributed by atoms with Crippen LogP contribution in [0.2, 0.25) is 0 Å². The predicted molar refractivity (Wildman–Crippen MR) is 132 cm³/mol. The van der Waals surface area contributed by atoms with Crippen LogP contribution in [0.4, 0.5) is 0 Å². The highest BCUT2D eigenvalue weighted by Crippen LogP contribution is 2.31. The quantitative estimate of drug-likeness (QED) is 0.351. The summed E-state index contributed by atoms with van der Waals surface area (Å²) < 4.78 is 5.36. The average molecular weight is 441 g/mol. The summed E-state index contributed by atoms with van der Waals surface area (Å²) >= 11 is 0. The van der Waals surface area contributed by atoms with Crippen molar-refractivity contribution < 1.29 is 14.6 Å². The summed E-state index contributed by atoms with van der Waals surface area (Å²) in [7, 11) is 1.67. The smallest absolute Gasteiger partial charge is 0.335 e. The monoisotopic (exact) mass is 440 g/mol. The zero-order valence-corrected chi connectivity index (χ0v) is 19.3. The van der Waals surface area contributed by atoms with Crippen LogP contribution in [0.15, 0.2) is 72.8 Å². The van der Waals surface area contributed by atoms with Gasteiger partial charge in [0.25, 0.3) is 0 Å². The van der Waals surface area contributed by atoms with Gasteiger partial charge in [0.1, 0.15) is 5.75 Å². The van der Waals surface area contributed by atoms with Crippen molar-refractivity contribution in [1.82, 2.24) is 10.3 Å². The van der Waals surface area contributed by atoms with E-state index in [-0.39, 0.29) is 12.1 Å². The fourth-order valence-electron chi connectivity index (χ4n) is 4.13. The molecule has 0 spiro atoms. The molecule has 2 atom stereocenters. The van der Waals surface area contributed by atoms with Crippen LogP contribution in [0.25, 0.3) is 22.0 Å². The van der Waals surface area contributed by atoms with Crippen LogP contribution in [-0.4, -0.2) is 23.2 Å². The molecule has 4 rings (SSSR count). The van der Waals surface area contributed by atoms with Gasteiger partial charge in [-0.1, -0.05) is 48.5 Å². The summed E-state index contributed by atoms with van der Waals surface area (Å²) in [4.78, 5) is 16.7. The molecule has 5 heteroatoms. The first-order chi connectivity index (χ1) is 15.9. The predicted octanol–water partition coefficient (Wildman–Crippen LogP) is 6.33. The number of nitrogens with one attached hydrogen (secondary N) is 1. The third kappa shape index (κ3) is 4.73. The molecule has 0 bridgehead atoms. The number of carboxylic acid groups (broad SMARTS) is 1. The van der Waals surface area contributed by atoms with E-state index in [2.05, 4.69) is 37.4 Å². The Hall–Kier alpha value is -3.70. The minimum absolute atomic E-state index is 0.0288. The summed E-state index contributed by atoms with van der Waals surface area (Å²) in [6, 6.07) is 23.8. The van der Waals surface area contributed by atoms with Crippen molar-refractivity contribution in [2.45, 2.75) is 32.9 Å². The molecule has 5 nitrogen and oxygen atoms in total. The number of aromatic carboxylic acids is 1. The molecule has 4 aromatic rings. The van der Waals surface area contributed by atoms with Gasteiger partial charge in [-0.15, -0.1) is 0 Å². The highest BCUT2D eigenvalue weighted by molar-refractivity contribution is 5.97. The maximum absolute atomic E-state index is 11.7. The van der Waals surface area contributed by atoms with Crippen molar-refractivity contribution in [2.75, 3.05) is 7.11 Å². The Morgan fingerprint density at radius 2 is 1.76 bits per heavy atom. The van der Waals surface area contributed by atoms with E-state index in [0.29, 0.717) is 5.56 Å². The molecule has 0 saturated heterocycles. The zero-order valence-electron chi connectivity index (χ0n) is 19.3. The molecule has 0 aliphatic heterocycles. The molecule has 0 aliphatic rings. The van der Waals surface area contributed by atoms with Crippen molar-refractivity contribution in [3.8, 4) is 17.0 Å². The number of rotatable bonds is 7. The third-order valence-corrected chi connectivity index (χ3v) is 6.04. The van der Waals surface area contributed by atoms with Gasteiger partial charge < -0.3 is 15.2 Å². The van der Waals surface area contributed by atoms with E-state index in [9.17, 15) is 9.90 Å². The number of benzene rings is 3. The van der Waals surface area contributed by atoms with Gasteiger partial charge in [0.05, 0.1) is 24.1 Å². The number of carboxylic acids is 1. The number of hydrogen-bond donors (Lipinski definition) is 2. The Morgan fingerprint density at radius 1 is 0.970 bits per heavy atom. The number of pyridine rings is 1. The number of aromatic nitrogens is 1. The first kappa shape index (κ1) is 22.5. The fourth-order valence-corrected chi connectivity index (χ4v) is 4.13. The number of fused-ring (bicyclic) bond motifs is 1. The molecule has 0 amide bonds. The molecule has 1 heterocycles. The Morgan fingerprint density at radius 3 is 2.52 bits per heavy atom. The van der Waals surface area contributed by atoms with Crippen molar-refractivity contribution in [3.05, 3.63) is 95.2 Å². The number of nitrogens with zero attached hydrogens (tertiary/aromatic N) is 1. The second-order valence-corrected chi connectivity index (χ2v) is 8.34. The largest absolute Gasteiger partial charge is 0.497 e. The molecule has 3 aromatic carbocycles. The number of methoxy groups -OCH3 is 1. The summed E-state index contributed by atoms with van der Waals surface area (Å²) in [5.74, 6) is -0.106. The van der Waals surface area contributed by atoms with Gasteiger partial charge >= 0.3 is 5.97 Å². The normalized spacial score (nSPS) is 13.0. The summed E-state index contributed by atoms with van der Waals surface area (Å²) in [5, 5.41) is 15.3. The number of hydrogen-bond acceptors (Lipinski definition) is 4. The van der Waals surface area contributed by atoms with E-state index >= 15 is 0 Å². The van der Waals surface area contributed by atoms with Gasteiger partial charge in [-0.3, -0.25) is 4.98 Å². The number of aryl methyl sites for hydroxylation is 1. The Bertz CT molecular complexity index is 1320. The van der Waals surface area contributed by atoms with Crippen molar-refractivity contribution in [1.29, 1.82) is 0 Å². The van der Waals surface area contributed by atoms with E-state index in [1.54, 1.807) is 20.1 Å². The SMILES string of the molecule is COc1cccc([C@@H](C)NC(C)c2cc3ccccc3c(-c3ccc(C)c(C(=O)O)c3)n2)c1. The highest BCUT2D eigenvalue weighted by Gasteiger charge is 2.17. The maximum atomic E-state index is 11.7. The van der Waals surface area contributed by atoms with Crippen LogP contribution in [0.3, 0.4) is 0 Å². The van der Waals surface area contributed by atoms with E-state index < -0.39 is 5.97 Å². The molecule has 0 saturated carbocycles. The molecule has 168 valence electrons. The number of carbonyl (C=O) groups is 1. The Labute approximate surface area is 194 Å². The minimum atomic E-state index is -0.933. The molecule has 0 aliphatic carbocycles. The summed E-state index contributed by atoms with van der Waals surface area (Å²) in [6.45, 7) is 6.02. The molecule has 1 unspecified atom stereocenters. The lowest BCUT2D eigenvalue weighted by atomic mass is 9.98. The van der Waals surface area contributed by atoms with Gasteiger partial charge in [-0.2, -0.15) is 0 Å². The van der Waals surface area contributed by atoms with Crippen molar-refractivity contribution in [2.24, 2.45) is 0 Å². The lowest BCUT2D eigenvalue weighted by molar-refractivity contribution is 0.0696. The first-order valence-electron chi connectivity index (χ1n) is 11.0. The third-order valence-electron chi connectivity index (χ3n) is 6.04. The lowest BCUT2D eigenvalue weighted by Gasteiger charge is -2.22. The second-order valence-electron chi connectivity index (χ2n) is 8.34. The van der Waals surface area contributed by atoms with E-state index in [1.807, 2.05) is 48.5 Å². The van der Waals surface area contributed by atoms with E-state index in [4.69, 9.17) is 9.72 Å². The Kier molecular flexibility index (Phi) is 6.43. The summed E-state index contributed by atoms with van der Waals surface area (Å²) in [6.07, 6.45) is 0. The Balaban J connectivity index is 1.73. The minimum Gasteiger partial charge on any atom is -0.497 e. The van der Waals surface area contributed by atoms with Crippen LogP contribution in [-0.2, 0) is 0 Å². The lowest BCUT2D eigenvalue weighted by Crippen LogP contribution is -2.23. The highest BCUT2D eigenvalue weighted by atomic mass is 16.5. The molecular weight excluding hydrogens is 412 g/mol. The maximum Gasteiger partial charge on any atom is 0.335 e. The van der Waals surface area contributed by atoms with E-state index in [1.165, 1.54) is 0 Å². The second kappa shape index (κ2) is 9.43. The molecule has 33 heavy (non-hydrogen) atoms. The zero-order chi connectivity index (χ0) is 23.5. The van der Waals surface area contributed by atoms with Crippen molar-refractivity contribution in [3.63, 3.8) is 0 Å². The van der Waals surface area contributed by atoms with Crippen LogP contribution < -0.4 is 10.1 Å². The van der Waals surface area contributed by atoms with Crippen LogP contribution in [0.5, 0.6) is 5.75 Å².